The van der Waals surface area contributed by atoms with E-state index in [2.05, 4.69) is 12.3 Å². The van der Waals surface area contributed by atoms with Crippen molar-refractivity contribution in [3.63, 3.8) is 0 Å². The Labute approximate surface area is 131 Å². The number of carbonyl (C=O) groups excluding carboxylic acids is 1. The number of amides is 1. The average Bonchev–Trinajstić information content (AvgIpc) is 2.49. The first-order chi connectivity index (χ1) is 10.6. The number of nitrogens with one attached hydrogen (secondary N) is 1. The van der Waals surface area contributed by atoms with Crippen molar-refractivity contribution in [2.75, 3.05) is 18.7 Å². The molecule has 0 bridgehead atoms. The van der Waals surface area contributed by atoms with Crippen LogP contribution < -0.4 is 15.6 Å². The van der Waals surface area contributed by atoms with Crippen molar-refractivity contribution in [3.05, 3.63) is 28.2 Å². The molecular weight excluding hydrogens is 282 g/mol. The predicted octanol–water partition coefficient (Wildman–Crippen LogP) is 2.17. The number of pyridine rings is 1. The molecule has 2 heterocycles. The van der Waals surface area contributed by atoms with Crippen molar-refractivity contribution >= 4 is 5.91 Å². The summed E-state index contributed by atoms with van der Waals surface area (Å²) in [5, 5.41) is 0. The lowest BCUT2D eigenvalue weighted by atomic mass is 10.2. The zero-order valence-corrected chi connectivity index (χ0v) is 13.6. The van der Waals surface area contributed by atoms with Crippen molar-refractivity contribution < 1.29 is 9.53 Å². The minimum atomic E-state index is -0.248. The number of rotatable bonds is 7. The smallest absolute Gasteiger partial charge is 0.278 e. The van der Waals surface area contributed by atoms with Gasteiger partial charge in [-0.15, -0.1) is 0 Å². The Balaban J connectivity index is 2.20. The van der Waals surface area contributed by atoms with Gasteiger partial charge in [-0.05, 0) is 20.3 Å². The van der Waals surface area contributed by atoms with Crippen LogP contribution in [0.1, 0.15) is 56.9 Å². The summed E-state index contributed by atoms with van der Waals surface area (Å²) in [6.45, 7) is 6.91. The number of fused-ring (bicyclic) bond motifs is 1. The second-order valence-electron chi connectivity index (χ2n) is 5.82. The molecule has 1 aromatic heterocycles. The van der Waals surface area contributed by atoms with Gasteiger partial charge in [0.2, 0.25) is 5.43 Å². The fourth-order valence-corrected chi connectivity index (χ4v) is 2.47. The molecule has 0 unspecified atom stereocenters. The highest BCUT2D eigenvalue weighted by Crippen LogP contribution is 2.20. The van der Waals surface area contributed by atoms with Gasteiger partial charge in [-0.2, -0.15) is 0 Å². The molecule has 6 nitrogen and oxygen atoms in total. The van der Waals surface area contributed by atoms with Gasteiger partial charge in [0, 0.05) is 18.3 Å². The van der Waals surface area contributed by atoms with Crippen molar-refractivity contribution in [2.45, 2.75) is 52.5 Å². The Morgan fingerprint density at radius 1 is 1.27 bits per heavy atom. The first-order valence-electron chi connectivity index (χ1n) is 7.99. The number of hydrogen-bond donors (Lipinski definition) is 1. The summed E-state index contributed by atoms with van der Waals surface area (Å²) >= 11 is 0. The second kappa shape index (κ2) is 7.33. The Kier molecular flexibility index (Phi) is 5.46. The summed E-state index contributed by atoms with van der Waals surface area (Å²) in [4.78, 5) is 26.4. The molecule has 0 aliphatic carbocycles. The minimum Gasteiger partial charge on any atom is -0.487 e. The molecule has 0 fully saturated rings. The van der Waals surface area contributed by atoms with Gasteiger partial charge in [0.05, 0.1) is 6.61 Å². The molecule has 1 N–H and O–H groups in total. The lowest BCUT2D eigenvalue weighted by molar-refractivity contribution is 0.0669. The Hall–Kier alpha value is -1.98. The van der Waals surface area contributed by atoms with Crippen LogP contribution in [0.4, 0.5) is 0 Å². The van der Waals surface area contributed by atoms with E-state index in [-0.39, 0.29) is 23.1 Å². The zero-order valence-electron chi connectivity index (χ0n) is 13.6. The monoisotopic (exact) mass is 307 g/mol. The van der Waals surface area contributed by atoms with Crippen LogP contribution >= 0.6 is 0 Å². The van der Waals surface area contributed by atoms with E-state index >= 15 is 0 Å². The predicted molar refractivity (Wildman–Crippen MR) is 85.9 cm³/mol. The Morgan fingerprint density at radius 3 is 2.73 bits per heavy atom. The normalized spacial score (nSPS) is 14.0. The lowest BCUT2D eigenvalue weighted by Gasteiger charge is -2.34. The summed E-state index contributed by atoms with van der Waals surface area (Å²) in [6, 6.07) is 1.48. The van der Waals surface area contributed by atoms with E-state index < -0.39 is 0 Å². The van der Waals surface area contributed by atoms with Gasteiger partial charge in [-0.3, -0.25) is 14.3 Å². The minimum absolute atomic E-state index is 0.0569. The van der Waals surface area contributed by atoms with Crippen molar-refractivity contribution in [2.24, 2.45) is 0 Å². The molecule has 0 aromatic carbocycles. The quantitative estimate of drug-likeness (QED) is 0.784. The van der Waals surface area contributed by atoms with E-state index in [4.69, 9.17) is 4.74 Å². The van der Waals surface area contributed by atoms with Gasteiger partial charge in [0.15, 0.2) is 11.4 Å². The SMILES string of the molecule is CCCCCCOc1c2n(ccc1=O)NCN(C(C)C)C2=O. The topological polar surface area (TPSA) is 63.6 Å². The average molecular weight is 307 g/mol. The van der Waals surface area contributed by atoms with Crippen LogP contribution in [0.25, 0.3) is 0 Å². The van der Waals surface area contributed by atoms with E-state index in [0.717, 1.165) is 25.7 Å². The third-order valence-corrected chi connectivity index (χ3v) is 3.80. The van der Waals surface area contributed by atoms with Crippen molar-refractivity contribution in [1.82, 2.24) is 9.58 Å². The number of aromatic nitrogens is 1. The maximum atomic E-state index is 12.6. The van der Waals surface area contributed by atoms with Gasteiger partial charge in [-0.1, -0.05) is 26.2 Å². The third-order valence-electron chi connectivity index (χ3n) is 3.80. The van der Waals surface area contributed by atoms with Crippen molar-refractivity contribution in [3.8, 4) is 5.75 Å². The molecule has 122 valence electrons. The van der Waals surface area contributed by atoms with Crippen LogP contribution in [0.3, 0.4) is 0 Å². The van der Waals surface area contributed by atoms with Crippen LogP contribution in [0.5, 0.6) is 5.75 Å². The number of nitrogens with zero attached hydrogens (tertiary/aromatic N) is 2. The number of hydrogen-bond acceptors (Lipinski definition) is 4. The van der Waals surface area contributed by atoms with E-state index in [0.29, 0.717) is 19.0 Å². The molecule has 0 atom stereocenters. The highest BCUT2D eigenvalue weighted by molar-refractivity contribution is 5.96. The van der Waals surface area contributed by atoms with Crippen molar-refractivity contribution in [1.29, 1.82) is 0 Å². The van der Waals surface area contributed by atoms with Crippen LogP contribution in [-0.4, -0.2) is 34.8 Å². The van der Waals surface area contributed by atoms with Crippen LogP contribution in [0.15, 0.2) is 17.1 Å². The molecular formula is C16H25N3O3. The molecule has 2 rings (SSSR count). The largest absolute Gasteiger partial charge is 0.487 e. The summed E-state index contributed by atoms with van der Waals surface area (Å²) in [7, 11) is 0. The summed E-state index contributed by atoms with van der Waals surface area (Å²) in [5.41, 5.74) is 3.15. The van der Waals surface area contributed by atoms with Gasteiger partial charge in [0.25, 0.3) is 5.91 Å². The lowest BCUT2D eigenvalue weighted by Crippen LogP contribution is -2.49. The number of carbonyl (C=O) groups is 1. The van der Waals surface area contributed by atoms with E-state index in [1.807, 2.05) is 13.8 Å². The van der Waals surface area contributed by atoms with E-state index in [1.54, 1.807) is 15.8 Å². The maximum Gasteiger partial charge on any atom is 0.278 e. The van der Waals surface area contributed by atoms with Gasteiger partial charge >= 0.3 is 0 Å². The molecule has 0 saturated carbocycles. The molecule has 22 heavy (non-hydrogen) atoms. The summed E-state index contributed by atoms with van der Waals surface area (Å²) < 4.78 is 7.25. The molecule has 1 aliphatic rings. The standard InChI is InChI=1S/C16H25N3O3/c1-4-5-6-7-10-22-15-13(20)8-9-19-14(15)16(21)18(11-17-19)12(2)3/h8-9,12,17H,4-7,10-11H2,1-3H3. The van der Waals surface area contributed by atoms with Crippen LogP contribution in [0.2, 0.25) is 0 Å². The number of unbranched alkanes of at least 4 members (excludes halogenated alkanes) is 3. The molecule has 0 spiro atoms. The fourth-order valence-electron chi connectivity index (χ4n) is 2.47. The number of ether oxygens (including phenoxy) is 1. The first kappa shape index (κ1) is 16.4. The molecule has 0 saturated heterocycles. The maximum absolute atomic E-state index is 12.6. The molecule has 0 radical (unpaired) electrons. The van der Waals surface area contributed by atoms with E-state index in [1.165, 1.54) is 6.07 Å². The molecule has 1 aromatic rings. The highest BCUT2D eigenvalue weighted by atomic mass is 16.5. The van der Waals surface area contributed by atoms with Gasteiger partial charge < -0.3 is 15.1 Å². The van der Waals surface area contributed by atoms with E-state index in [9.17, 15) is 9.59 Å². The van der Waals surface area contributed by atoms with Gasteiger partial charge in [-0.25, -0.2) is 0 Å². The van der Waals surface area contributed by atoms with Crippen LogP contribution in [-0.2, 0) is 0 Å². The zero-order chi connectivity index (χ0) is 16.1. The molecule has 1 amide bonds. The first-order valence-corrected chi connectivity index (χ1v) is 7.99. The molecule has 1 aliphatic heterocycles. The Morgan fingerprint density at radius 2 is 2.05 bits per heavy atom. The molecule has 6 heteroatoms. The third kappa shape index (κ3) is 3.43. The Bertz CT molecular complexity index is 580. The highest BCUT2D eigenvalue weighted by Gasteiger charge is 2.30. The summed E-state index contributed by atoms with van der Waals surface area (Å²) in [5.74, 6) is -0.0168. The fraction of sp³-hybridized carbons (Fsp3) is 0.625. The second-order valence-corrected chi connectivity index (χ2v) is 5.82. The van der Waals surface area contributed by atoms with Crippen LogP contribution in [0, 0.1) is 0 Å². The summed E-state index contributed by atoms with van der Waals surface area (Å²) in [6.07, 6.45) is 5.83. The van der Waals surface area contributed by atoms with Gasteiger partial charge in [0.1, 0.15) is 6.67 Å².